The number of ether oxygens (including phenoxy) is 1. The van der Waals surface area contributed by atoms with Crippen molar-refractivity contribution < 1.29 is 23.1 Å². The highest BCUT2D eigenvalue weighted by molar-refractivity contribution is 7.90. The van der Waals surface area contributed by atoms with Gasteiger partial charge in [-0.05, 0) is 26.0 Å². The predicted molar refractivity (Wildman–Crippen MR) is 75.3 cm³/mol. The maximum Gasteiger partial charge on any atom is 0.339 e. The summed E-state index contributed by atoms with van der Waals surface area (Å²) in [6, 6.07) is 2.72. The lowest BCUT2D eigenvalue weighted by molar-refractivity contribution is -0.0439. The van der Waals surface area contributed by atoms with Gasteiger partial charge in [0.05, 0.1) is 12.2 Å². The molecule has 2 heterocycles. The zero-order chi connectivity index (χ0) is 15.6. The third-order valence-electron chi connectivity index (χ3n) is 2.99. The Bertz CT molecular complexity index is 624. The van der Waals surface area contributed by atoms with Crippen molar-refractivity contribution in [3.8, 4) is 0 Å². The number of anilines is 1. The molecule has 2 rings (SSSR count). The van der Waals surface area contributed by atoms with Crippen LogP contribution in [-0.2, 0) is 14.9 Å². The van der Waals surface area contributed by atoms with Crippen LogP contribution in [0.25, 0.3) is 0 Å². The number of nitrogens with zero attached hydrogens (tertiary/aromatic N) is 2. The van der Waals surface area contributed by atoms with E-state index in [-0.39, 0.29) is 36.7 Å². The second-order valence-corrected chi connectivity index (χ2v) is 6.56. The summed E-state index contributed by atoms with van der Waals surface area (Å²) in [7, 11) is -3.88. The molecule has 0 aromatic carbocycles. The molecule has 21 heavy (non-hydrogen) atoms. The highest BCUT2D eigenvalue weighted by Gasteiger charge is 2.32. The topological polar surface area (TPSA) is 109 Å². The lowest BCUT2D eigenvalue weighted by Gasteiger charge is -2.34. The molecule has 0 aliphatic carbocycles. The zero-order valence-electron chi connectivity index (χ0n) is 11.7. The number of morpholine rings is 1. The van der Waals surface area contributed by atoms with E-state index in [1.165, 1.54) is 22.6 Å². The molecule has 1 aromatic heterocycles. The van der Waals surface area contributed by atoms with Crippen LogP contribution in [0.1, 0.15) is 24.2 Å². The van der Waals surface area contributed by atoms with Crippen LogP contribution in [0.15, 0.2) is 18.3 Å². The Morgan fingerprint density at radius 3 is 2.62 bits per heavy atom. The quantitative estimate of drug-likeness (QED) is 0.839. The number of pyridine rings is 1. The van der Waals surface area contributed by atoms with Gasteiger partial charge in [0.2, 0.25) is 0 Å². The maximum absolute atomic E-state index is 12.3. The molecular weight excluding hydrogens is 298 g/mol. The van der Waals surface area contributed by atoms with E-state index in [1.807, 2.05) is 0 Å². The van der Waals surface area contributed by atoms with Crippen molar-refractivity contribution in [3.05, 3.63) is 23.9 Å². The zero-order valence-corrected chi connectivity index (χ0v) is 12.5. The minimum absolute atomic E-state index is 0.197. The third-order valence-corrected chi connectivity index (χ3v) is 4.42. The minimum atomic E-state index is -3.88. The van der Waals surface area contributed by atoms with Gasteiger partial charge >= 0.3 is 16.2 Å². The van der Waals surface area contributed by atoms with Crippen LogP contribution in [0.2, 0.25) is 0 Å². The van der Waals surface area contributed by atoms with E-state index in [0.29, 0.717) is 0 Å². The van der Waals surface area contributed by atoms with Gasteiger partial charge in [-0.1, -0.05) is 0 Å². The van der Waals surface area contributed by atoms with Gasteiger partial charge < -0.3 is 9.84 Å². The van der Waals surface area contributed by atoms with Crippen molar-refractivity contribution in [2.45, 2.75) is 26.1 Å². The number of aromatic carboxylic acids is 1. The molecule has 1 aliphatic heterocycles. The van der Waals surface area contributed by atoms with Crippen LogP contribution < -0.4 is 4.72 Å². The first-order valence-corrected chi connectivity index (χ1v) is 7.85. The fourth-order valence-corrected chi connectivity index (χ4v) is 3.52. The van der Waals surface area contributed by atoms with Gasteiger partial charge in [-0.15, -0.1) is 0 Å². The molecule has 9 heteroatoms. The Hall–Kier alpha value is -1.71. The number of aromatic nitrogens is 1. The van der Waals surface area contributed by atoms with E-state index in [0.717, 1.165) is 0 Å². The summed E-state index contributed by atoms with van der Waals surface area (Å²) in [5, 5.41) is 9.05. The number of hydrogen-bond donors (Lipinski definition) is 2. The highest BCUT2D eigenvalue weighted by Crippen LogP contribution is 2.18. The first-order valence-electron chi connectivity index (χ1n) is 6.41. The first-order chi connectivity index (χ1) is 9.79. The number of hydrogen-bond acceptors (Lipinski definition) is 5. The standard InChI is InChI=1S/C12H17N3O5S/c1-8-6-15(7-9(2)20-8)21(18,19)14-11-10(12(16)17)4-3-5-13-11/h3-5,8-9H,6-7H2,1-2H3,(H,13,14)(H,16,17). The Morgan fingerprint density at radius 1 is 1.43 bits per heavy atom. The molecule has 2 atom stereocenters. The number of rotatable bonds is 4. The number of carbonyl (C=O) groups is 1. The summed E-state index contributed by atoms with van der Waals surface area (Å²) in [6.45, 7) is 3.97. The van der Waals surface area contributed by atoms with Crippen molar-refractivity contribution in [2.24, 2.45) is 0 Å². The Morgan fingerprint density at radius 2 is 2.05 bits per heavy atom. The SMILES string of the molecule is CC1CN(S(=O)(=O)Nc2ncccc2C(=O)O)CC(C)O1. The maximum atomic E-state index is 12.3. The van der Waals surface area contributed by atoms with Crippen LogP contribution in [-0.4, -0.2) is 54.1 Å². The summed E-state index contributed by atoms with van der Waals surface area (Å²) in [4.78, 5) is 14.9. The fourth-order valence-electron chi connectivity index (χ4n) is 2.17. The lowest BCUT2D eigenvalue weighted by atomic mass is 10.3. The van der Waals surface area contributed by atoms with Crippen molar-refractivity contribution in [2.75, 3.05) is 17.8 Å². The van der Waals surface area contributed by atoms with Crippen LogP contribution in [0.5, 0.6) is 0 Å². The molecule has 8 nitrogen and oxygen atoms in total. The van der Waals surface area contributed by atoms with Gasteiger partial charge in [0.25, 0.3) is 0 Å². The predicted octanol–water partition coefficient (Wildman–Crippen LogP) is 0.546. The summed E-state index contributed by atoms with van der Waals surface area (Å²) in [5.74, 6) is -1.44. The van der Waals surface area contributed by atoms with Crippen LogP contribution in [0.4, 0.5) is 5.82 Å². The van der Waals surface area contributed by atoms with Crippen LogP contribution in [0.3, 0.4) is 0 Å². The van der Waals surface area contributed by atoms with Crippen molar-refractivity contribution >= 4 is 22.0 Å². The third kappa shape index (κ3) is 3.69. The minimum Gasteiger partial charge on any atom is -0.478 e. The first kappa shape index (κ1) is 15.7. The summed E-state index contributed by atoms with van der Waals surface area (Å²) in [5.41, 5.74) is -0.199. The molecule has 0 spiro atoms. The Balaban J connectivity index is 2.24. The van der Waals surface area contributed by atoms with Gasteiger partial charge in [0.15, 0.2) is 5.82 Å². The number of carboxylic acid groups (broad SMARTS) is 1. The monoisotopic (exact) mass is 315 g/mol. The smallest absolute Gasteiger partial charge is 0.339 e. The van der Waals surface area contributed by atoms with Crippen LogP contribution in [0, 0.1) is 0 Å². The Kier molecular flexibility index (Phi) is 4.45. The second kappa shape index (κ2) is 5.96. The van der Waals surface area contributed by atoms with Gasteiger partial charge in [-0.2, -0.15) is 12.7 Å². The molecular formula is C12H17N3O5S. The average Bonchev–Trinajstić information content (AvgIpc) is 2.37. The van der Waals surface area contributed by atoms with Crippen LogP contribution >= 0.6 is 0 Å². The molecule has 0 radical (unpaired) electrons. The van der Waals surface area contributed by atoms with Gasteiger partial charge in [0, 0.05) is 19.3 Å². The largest absolute Gasteiger partial charge is 0.478 e. The average molecular weight is 315 g/mol. The molecule has 1 saturated heterocycles. The molecule has 1 fully saturated rings. The van der Waals surface area contributed by atoms with Gasteiger partial charge in [-0.3, -0.25) is 4.72 Å². The second-order valence-electron chi connectivity index (χ2n) is 4.89. The lowest BCUT2D eigenvalue weighted by Crippen LogP contribution is -2.50. The molecule has 116 valence electrons. The van der Waals surface area contributed by atoms with E-state index in [9.17, 15) is 13.2 Å². The van der Waals surface area contributed by atoms with Gasteiger partial charge in [-0.25, -0.2) is 9.78 Å². The molecule has 0 saturated carbocycles. The van der Waals surface area contributed by atoms with Crippen molar-refractivity contribution in [3.63, 3.8) is 0 Å². The molecule has 1 aliphatic rings. The van der Waals surface area contributed by atoms with E-state index in [1.54, 1.807) is 13.8 Å². The summed E-state index contributed by atoms with van der Waals surface area (Å²) in [6.07, 6.45) is 0.871. The van der Waals surface area contributed by atoms with E-state index >= 15 is 0 Å². The molecule has 0 amide bonds. The summed E-state index contributed by atoms with van der Waals surface area (Å²) < 4.78 is 33.6. The van der Waals surface area contributed by atoms with Gasteiger partial charge in [0.1, 0.15) is 5.56 Å². The summed E-state index contributed by atoms with van der Waals surface area (Å²) >= 11 is 0. The molecule has 0 bridgehead atoms. The van der Waals surface area contributed by atoms with Crippen molar-refractivity contribution in [1.82, 2.24) is 9.29 Å². The molecule has 2 N–H and O–H groups in total. The van der Waals surface area contributed by atoms with Crippen molar-refractivity contribution in [1.29, 1.82) is 0 Å². The number of nitrogens with one attached hydrogen (secondary N) is 1. The molecule has 2 unspecified atom stereocenters. The highest BCUT2D eigenvalue weighted by atomic mass is 32.2. The normalized spacial score (nSPS) is 23.7. The van der Waals surface area contributed by atoms with E-state index < -0.39 is 16.2 Å². The Labute approximate surface area is 122 Å². The fraction of sp³-hybridized carbons (Fsp3) is 0.500. The number of carboxylic acids is 1. The van der Waals surface area contributed by atoms with E-state index in [4.69, 9.17) is 9.84 Å². The molecule has 1 aromatic rings. The van der Waals surface area contributed by atoms with E-state index in [2.05, 4.69) is 9.71 Å².